The lowest BCUT2D eigenvalue weighted by molar-refractivity contribution is -0.139. The van der Waals surface area contributed by atoms with E-state index in [0.717, 1.165) is 17.5 Å². The van der Waals surface area contributed by atoms with Gasteiger partial charge in [0.15, 0.2) is 0 Å². The third kappa shape index (κ3) is 5.02. The molecule has 0 spiro atoms. The van der Waals surface area contributed by atoms with Gasteiger partial charge in [-0.25, -0.2) is 4.79 Å². The smallest absolute Gasteiger partial charge is 0.407 e. The molecule has 174 valence electrons. The van der Waals surface area contributed by atoms with Gasteiger partial charge in [-0.05, 0) is 48.9 Å². The van der Waals surface area contributed by atoms with E-state index in [1.54, 1.807) is 13.8 Å². The molecule has 1 fully saturated rings. The zero-order valence-corrected chi connectivity index (χ0v) is 19.0. The molecule has 2 aliphatic carbocycles. The fraction of sp³-hybridized carbons (Fsp3) is 0.423. The Morgan fingerprint density at radius 3 is 2.21 bits per heavy atom. The van der Waals surface area contributed by atoms with Crippen LogP contribution in [0.4, 0.5) is 4.79 Å². The van der Waals surface area contributed by atoms with Gasteiger partial charge in [0.25, 0.3) is 0 Å². The van der Waals surface area contributed by atoms with E-state index < -0.39 is 23.5 Å². The zero-order valence-electron chi connectivity index (χ0n) is 19.0. The monoisotopic (exact) mass is 450 g/mol. The molecule has 2 aromatic carbocycles. The first-order valence-electron chi connectivity index (χ1n) is 11.4. The molecule has 2 aliphatic rings. The van der Waals surface area contributed by atoms with Gasteiger partial charge in [0, 0.05) is 17.5 Å². The second-order valence-electron chi connectivity index (χ2n) is 9.56. The molecule has 2 aromatic rings. The predicted octanol–water partition coefficient (Wildman–Crippen LogP) is 4.06. The summed E-state index contributed by atoms with van der Waals surface area (Å²) in [4.78, 5) is 36.5. The van der Waals surface area contributed by atoms with Crippen LogP contribution in [0.1, 0.15) is 56.6 Å². The van der Waals surface area contributed by atoms with E-state index in [-0.39, 0.29) is 30.9 Å². The van der Waals surface area contributed by atoms with Crippen LogP contribution in [0.3, 0.4) is 0 Å². The van der Waals surface area contributed by atoms with Crippen molar-refractivity contribution in [2.24, 2.45) is 5.92 Å². The van der Waals surface area contributed by atoms with Crippen LogP contribution in [-0.2, 0) is 14.3 Å². The number of carboxylic acids is 1. The van der Waals surface area contributed by atoms with Crippen molar-refractivity contribution >= 4 is 18.0 Å². The van der Waals surface area contributed by atoms with E-state index in [1.165, 1.54) is 11.1 Å². The summed E-state index contributed by atoms with van der Waals surface area (Å²) >= 11 is 0. The number of amides is 2. The highest BCUT2D eigenvalue weighted by Gasteiger charge is 2.37. The lowest BCUT2D eigenvalue weighted by Gasteiger charge is -2.28. The first-order valence-corrected chi connectivity index (χ1v) is 11.4. The molecule has 0 saturated heterocycles. The highest BCUT2D eigenvalue weighted by molar-refractivity contribution is 5.82. The Hall–Kier alpha value is -3.35. The van der Waals surface area contributed by atoms with Crippen molar-refractivity contribution in [1.29, 1.82) is 0 Å². The van der Waals surface area contributed by atoms with Gasteiger partial charge < -0.3 is 20.5 Å². The average molecular weight is 451 g/mol. The Morgan fingerprint density at radius 2 is 1.61 bits per heavy atom. The maximum absolute atomic E-state index is 12.8. The predicted molar refractivity (Wildman–Crippen MR) is 124 cm³/mol. The van der Waals surface area contributed by atoms with Gasteiger partial charge in [-0.1, -0.05) is 55.0 Å². The van der Waals surface area contributed by atoms with Crippen LogP contribution in [0, 0.1) is 5.92 Å². The van der Waals surface area contributed by atoms with Gasteiger partial charge in [-0.3, -0.25) is 9.59 Å². The molecular formula is C26H30N2O5. The number of nitrogens with one attached hydrogen (secondary N) is 2. The summed E-state index contributed by atoms with van der Waals surface area (Å²) in [5.74, 6) is -1.64. The number of alkyl carbamates (subject to hydrolysis) is 1. The molecule has 2 atom stereocenters. The number of carbonyl (C=O) groups is 3. The maximum Gasteiger partial charge on any atom is 0.407 e. The number of ether oxygens (including phenoxy) is 1. The summed E-state index contributed by atoms with van der Waals surface area (Å²) in [6.45, 7) is 3.58. The van der Waals surface area contributed by atoms with Gasteiger partial charge in [0.05, 0.1) is 12.3 Å². The van der Waals surface area contributed by atoms with E-state index in [9.17, 15) is 14.4 Å². The van der Waals surface area contributed by atoms with Crippen LogP contribution >= 0.6 is 0 Å². The standard InChI is InChI=1S/C26H30N2O5/c1-26(2,14-23(29)30)28-24(31)20-12-7-13-22(20)27-25(32)33-15-21-18-10-5-3-8-16(18)17-9-4-6-11-19(17)21/h3-6,8-11,20-22H,7,12-15H2,1-2H3,(H,27,32)(H,28,31)(H,29,30)/t20-,22+/m0/s1. The second-order valence-corrected chi connectivity index (χ2v) is 9.56. The Balaban J connectivity index is 1.36. The van der Waals surface area contributed by atoms with Gasteiger partial charge in [0.1, 0.15) is 6.61 Å². The van der Waals surface area contributed by atoms with Crippen molar-refractivity contribution in [2.45, 2.75) is 57.0 Å². The first-order chi connectivity index (χ1) is 15.7. The summed E-state index contributed by atoms with van der Waals surface area (Å²) in [6.07, 6.45) is 1.43. The fourth-order valence-electron chi connectivity index (χ4n) is 5.09. The van der Waals surface area contributed by atoms with Crippen LogP contribution < -0.4 is 10.6 Å². The van der Waals surface area contributed by atoms with Gasteiger partial charge in [-0.15, -0.1) is 0 Å². The Morgan fingerprint density at radius 1 is 1.00 bits per heavy atom. The van der Waals surface area contributed by atoms with Crippen molar-refractivity contribution in [1.82, 2.24) is 10.6 Å². The maximum atomic E-state index is 12.8. The molecule has 0 bridgehead atoms. The zero-order chi connectivity index (χ0) is 23.6. The number of rotatable bonds is 7. The minimum absolute atomic E-state index is 0.0253. The Bertz CT molecular complexity index is 1020. The number of benzene rings is 2. The van der Waals surface area contributed by atoms with Crippen LogP contribution in [0.5, 0.6) is 0 Å². The minimum Gasteiger partial charge on any atom is -0.481 e. The summed E-state index contributed by atoms with van der Waals surface area (Å²) in [7, 11) is 0. The molecule has 2 amide bonds. The molecule has 1 saturated carbocycles. The van der Waals surface area contributed by atoms with Crippen LogP contribution in [-0.4, -0.2) is 41.3 Å². The van der Waals surface area contributed by atoms with E-state index in [4.69, 9.17) is 9.84 Å². The van der Waals surface area contributed by atoms with Crippen molar-refractivity contribution < 1.29 is 24.2 Å². The minimum atomic E-state index is -0.972. The Labute approximate surface area is 193 Å². The SMILES string of the molecule is CC(C)(CC(=O)O)NC(=O)[C@H]1CCC[C@H]1NC(=O)OCC1c2ccccc2-c2ccccc21. The molecule has 4 rings (SSSR count). The number of hydrogen-bond acceptors (Lipinski definition) is 4. The summed E-state index contributed by atoms with van der Waals surface area (Å²) in [6, 6.07) is 16.0. The summed E-state index contributed by atoms with van der Waals surface area (Å²) < 4.78 is 5.62. The number of hydrogen-bond donors (Lipinski definition) is 3. The molecule has 0 aromatic heterocycles. The first kappa shape index (κ1) is 22.8. The molecule has 0 radical (unpaired) electrons. The normalized spacial score (nSPS) is 19.5. The number of carbonyl (C=O) groups excluding carboxylic acids is 2. The molecule has 3 N–H and O–H groups in total. The third-order valence-corrected chi connectivity index (χ3v) is 6.55. The van der Waals surface area contributed by atoms with Crippen molar-refractivity contribution in [2.75, 3.05) is 6.61 Å². The lowest BCUT2D eigenvalue weighted by Crippen LogP contribution is -2.51. The molecular weight excluding hydrogens is 420 g/mol. The molecule has 7 heteroatoms. The van der Waals surface area contributed by atoms with Crippen LogP contribution in [0.15, 0.2) is 48.5 Å². The van der Waals surface area contributed by atoms with Crippen LogP contribution in [0.25, 0.3) is 11.1 Å². The summed E-state index contributed by atoms with van der Waals surface area (Å²) in [5, 5.41) is 14.7. The molecule has 0 unspecified atom stereocenters. The highest BCUT2D eigenvalue weighted by Crippen LogP contribution is 2.44. The molecule has 0 aliphatic heterocycles. The second kappa shape index (κ2) is 9.25. The highest BCUT2D eigenvalue weighted by atomic mass is 16.5. The van der Waals surface area contributed by atoms with Crippen molar-refractivity contribution in [3.05, 3.63) is 59.7 Å². The van der Waals surface area contributed by atoms with Crippen LogP contribution in [0.2, 0.25) is 0 Å². The van der Waals surface area contributed by atoms with Gasteiger partial charge >= 0.3 is 12.1 Å². The van der Waals surface area contributed by atoms with Crippen molar-refractivity contribution in [3.8, 4) is 11.1 Å². The molecule has 7 nitrogen and oxygen atoms in total. The van der Waals surface area contributed by atoms with Gasteiger partial charge in [0.2, 0.25) is 5.91 Å². The van der Waals surface area contributed by atoms with E-state index in [1.807, 2.05) is 24.3 Å². The fourth-order valence-corrected chi connectivity index (χ4v) is 5.09. The third-order valence-electron chi connectivity index (χ3n) is 6.55. The molecule has 33 heavy (non-hydrogen) atoms. The molecule has 0 heterocycles. The number of carboxylic acid groups (broad SMARTS) is 1. The van der Waals surface area contributed by atoms with E-state index in [2.05, 4.69) is 34.9 Å². The summed E-state index contributed by atoms with van der Waals surface area (Å²) in [5.41, 5.74) is 3.76. The Kier molecular flexibility index (Phi) is 6.40. The quantitative estimate of drug-likeness (QED) is 0.590. The van der Waals surface area contributed by atoms with Crippen molar-refractivity contribution in [3.63, 3.8) is 0 Å². The average Bonchev–Trinajstić information content (AvgIpc) is 3.33. The number of aliphatic carboxylic acids is 1. The largest absolute Gasteiger partial charge is 0.481 e. The number of fused-ring (bicyclic) bond motifs is 3. The van der Waals surface area contributed by atoms with E-state index in [0.29, 0.717) is 12.8 Å². The lowest BCUT2D eigenvalue weighted by atomic mass is 9.96. The van der Waals surface area contributed by atoms with E-state index >= 15 is 0 Å². The van der Waals surface area contributed by atoms with Gasteiger partial charge in [-0.2, -0.15) is 0 Å². The topological polar surface area (TPSA) is 105 Å².